The van der Waals surface area contributed by atoms with Gasteiger partial charge in [-0.3, -0.25) is 9.59 Å². The number of amides is 2. The molecule has 4 heteroatoms. The van der Waals surface area contributed by atoms with Crippen molar-refractivity contribution in [2.45, 2.75) is 45.1 Å². The fourth-order valence-corrected chi connectivity index (χ4v) is 2.85. The predicted octanol–water partition coefficient (Wildman–Crippen LogP) is 3.05. The maximum atomic E-state index is 12.5. The van der Waals surface area contributed by atoms with E-state index in [4.69, 9.17) is 0 Å². The highest BCUT2D eigenvalue weighted by molar-refractivity contribution is 5.97. The standard InChI is InChI=1S/C17H22N2O2/c1-12-4-2-3-11-19(12)17(21)14-7-9-15(10-8-14)18-16(20)13-5-6-13/h7-10,12-13H,2-6,11H2,1H3,(H,18,20). The molecule has 0 aromatic heterocycles. The number of rotatable bonds is 3. The number of hydrogen-bond donors (Lipinski definition) is 1. The van der Waals surface area contributed by atoms with E-state index < -0.39 is 0 Å². The van der Waals surface area contributed by atoms with Crippen LogP contribution < -0.4 is 5.32 Å². The Balaban J connectivity index is 1.65. The van der Waals surface area contributed by atoms with Crippen molar-refractivity contribution in [1.29, 1.82) is 0 Å². The second-order valence-electron chi connectivity index (χ2n) is 6.18. The minimum Gasteiger partial charge on any atom is -0.336 e. The van der Waals surface area contributed by atoms with Gasteiger partial charge in [-0.05, 0) is 63.3 Å². The average molecular weight is 286 g/mol. The van der Waals surface area contributed by atoms with Gasteiger partial charge in [0.2, 0.25) is 5.91 Å². The molecule has 0 bridgehead atoms. The van der Waals surface area contributed by atoms with Crippen molar-refractivity contribution >= 4 is 17.5 Å². The van der Waals surface area contributed by atoms with Crippen LogP contribution in [-0.2, 0) is 4.79 Å². The lowest BCUT2D eigenvalue weighted by molar-refractivity contribution is -0.117. The first kappa shape index (κ1) is 14.1. The number of benzene rings is 1. The Morgan fingerprint density at radius 3 is 2.43 bits per heavy atom. The molecule has 4 nitrogen and oxygen atoms in total. The van der Waals surface area contributed by atoms with Gasteiger partial charge in [0, 0.05) is 29.8 Å². The second kappa shape index (κ2) is 5.88. The lowest BCUT2D eigenvalue weighted by Gasteiger charge is -2.33. The molecule has 0 spiro atoms. The van der Waals surface area contributed by atoms with E-state index in [0.29, 0.717) is 11.6 Å². The summed E-state index contributed by atoms with van der Waals surface area (Å²) in [4.78, 5) is 26.2. The Kier molecular flexibility index (Phi) is 3.95. The molecular formula is C17H22N2O2. The van der Waals surface area contributed by atoms with E-state index in [1.807, 2.05) is 29.2 Å². The van der Waals surface area contributed by atoms with Crippen LogP contribution in [0, 0.1) is 5.92 Å². The fourth-order valence-electron chi connectivity index (χ4n) is 2.85. The van der Waals surface area contributed by atoms with Crippen LogP contribution in [0.1, 0.15) is 49.4 Å². The van der Waals surface area contributed by atoms with Crippen LogP contribution in [0.2, 0.25) is 0 Å². The summed E-state index contributed by atoms with van der Waals surface area (Å²) >= 11 is 0. The zero-order valence-electron chi connectivity index (χ0n) is 12.5. The first-order chi connectivity index (χ1) is 10.1. The maximum Gasteiger partial charge on any atom is 0.254 e. The summed E-state index contributed by atoms with van der Waals surface area (Å²) in [5, 5.41) is 2.89. The largest absolute Gasteiger partial charge is 0.336 e. The molecule has 1 atom stereocenters. The Hall–Kier alpha value is -1.84. The van der Waals surface area contributed by atoms with Crippen molar-refractivity contribution in [2.24, 2.45) is 5.92 Å². The molecule has 1 aromatic carbocycles. The molecule has 1 saturated carbocycles. The monoisotopic (exact) mass is 286 g/mol. The summed E-state index contributed by atoms with van der Waals surface area (Å²) in [6, 6.07) is 7.59. The number of piperidine rings is 1. The fraction of sp³-hybridized carbons (Fsp3) is 0.529. The molecule has 112 valence electrons. The summed E-state index contributed by atoms with van der Waals surface area (Å²) in [5.41, 5.74) is 1.48. The maximum absolute atomic E-state index is 12.5. The average Bonchev–Trinajstić information content (AvgIpc) is 3.32. The van der Waals surface area contributed by atoms with Crippen molar-refractivity contribution in [3.05, 3.63) is 29.8 Å². The van der Waals surface area contributed by atoms with E-state index in [-0.39, 0.29) is 17.7 Å². The molecule has 1 aliphatic carbocycles. The quantitative estimate of drug-likeness (QED) is 0.928. The molecule has 2 aliphatic rings. The van der Waals surface area contributed by atoms with Gasteiger partial charge in [-0.25, -0.2) is 0 Å². The van der Waals surface area contributed by atoms with Gasteiger partial charge in [0.05, 0.1) is 0 Å². The minimum absolute atomic E-state index is 0.0960. The van der Waals surface area contributed by atoms with Gasteiger partial charge in [-0.1, -0.05) is 0 Å². The molecule has 2 fully saturated rings. The van der Waals surface area contributed by atoms with Gasteiger partial charge in [-0.15, -0.1) is 0 Å². The van der Waals surface area contributed by atoms with Crippen LogP contribution in [0.15, 0.2) is 24.3 Å². The van der Waals surface area contributed by atoms with Crippen molar-refractivity contribution in [1.82, 2.24) is 4.90 Å². The van der Waals surface area contributed by atoms with Crippen LogP contribution in [0.4, 0.5) is 5.69 Å². The Morgan fingerprint density at radius 1 is 1.10 bits per heavy atom. The molecular weight excluding hydrogens is 264 g/mol. The van der Waals surface area contributed by atoms with Gasteiger partial charge >= 0.3 is 0 Å². The van der Waals surface area contributed by atoms with Gasteiger partial charge in [0.15, 0.2) is 0 Å². The van der Waals surface area contributed by atoms with E-state index >= 15 is 0 Å². The Bertz CT molecular complexity index is 534. The lowest BCUT2D eigenvalue weighted by atomic mass is 10.0. The van der Waals surface area contributed by atoms with Crippen LogP contribution in [0.25, 0.3) is 0 Å². The van der Waals surface area contributed by atoms with Gasteiger partial charge in [-0.2, -0.15) is 0 Å². The summed E-state index contributed by atoms with van der Waals surface area (Å²) in [5.74, 6) is 0.390. The third kappa shape index (κ3) is 3.26. The van der Waals surface area contributed by atoms with Crippen LogP contribution >= 0.6 is 0 Å². The molecule has 0 radical (unpaired) electrons. The van der Waals surface area contributed by atoms with Gasteiger partial charge in [0.25, 0.3) is 5.91 Å². The normalized spacial score (nSPS) is 22.0. The number of nitrogens with zero attached hydrogens (tertiary/aromatic N) is 1. The van der Waals surface area contributed by atoms with Crippen LogP contribution in [0.3, 0.4) is 0 Å². The minimum atomic E-state index is 0.0960. The van der Waals surface area contributed by atoms with Crippen molar-refractivity contribution in [3.8, 4) is 0 Å². The lowest BCUT2D eigenvalue weighted by Crippen LogP contribution is -2.42. The van der Waals surface area contributed by atoms with Crippen molar-refractivity contribution < 1.29 is 9.59 Å². The van der Waals surface area contributed by atoms with Gasteiger partial charge < -0.3 is 10.2 Å². The number of anilines is 1. The third-order valence-electron chi connectivity index (χ3n) is 4.41. The van der Waals surface area contributed by atoms with Crippen LogP contribution in [0.5, 0.6) is 0 Å². The highest BCUT2D eigenvalue weighted by Crippen LogP contribution is 2.30. The molecule has 1 aromatic rings. The van der Waals surface area contributed by atoms with E-state index in [2.05, 4.69) is 12.2 Å². The van der Waals surface area contributed by atoms with E-state index in [0.717, 1.165) is 37.9 Å². The highest BCUT2D eigenvalue weighted by atomic mass is 16.2. The molecule has 1 saturated heterocycles. The number of nitrogens with one attached hydrogen (secondary N) is 1. The second-order valence-corrected chi connectivity index (χ2v) is 6.18. The molecule has 21 heavy (non-hydrogen) atoms. The number of likely N-dealkylation sites (tertiary alicyclic amines) is 1. The Morgan fingerprint density at radius 2 is 1.81 bits per heavy atom. The van der Waals surface area contributed by atoms with Gasteiger partial charge in [0.1, 0.15) is 0 Å². The van der Waals surface area contributed by atoms with E-state index in [9.17, 15) is 9.59 Å². The zero-order chi connectivity index (χ0) is 14.8. The number of carbonyl (C=O) groups excluding carboxylic acids is 2. The highest BCUT2D eigenvalue weighted by Gasteiger charge is 2.29. The molecule has 3 rings (SSSR count). The molecule has 1 unspecified atom stereocenters. The predicted molar refractivity (Wildman–Crippen MR) is 82.1 cm³/mol. The zero-order valence-corrected chi connectivity index (χ0v) is 12.5. The van der Waals surface area contributed by atoms with Crippen molar-refractivity contribution in [2.75, 3.05) is 11.9 Å². The smallest absolute Gasteiger partial charge is 0.254 e. The number of carbonyl (C=O) groups is 2. The van der Waals surface area contributed by atoms with Crippen LogP contribution in [-0.4, -0.2) is 29.3 Å². The topological polar surface area (TPSA) is 49.4 Å². The summed E-state index contributed by atoms with van der Waals surface area (Å²) in [6.07, 6.45) is 5.37. The SMILES string of the molecule is CC1CCCCN1C(=O)c1ccc(NC(=O)C2CC2)cc1. The molecule has 1 aliphatic heterocycles. The molecule has 1 N–H and O–H groups in total. The summed E-state index contributed by atoms with van der Waals surface area (Å²) in [7, 11) is 0. The number of hydrogen-bond acceptors (Lipinski definition) is 2. The van der Waals surface area contributed by atoms with E-state index in [1.165, 1.54) is 6.42 Å². The van der Waals surface area contributed by atoms with E-state index in [1.54, 1.807) is 0 Å². The summed E-state index contributed by atoms with van der Waals surface area (Å²) < 4.78 is 0. The molecule has 2 amide bonds. The first-order valence-corrected chi connectivity index (χ1v) is 7.87. The summed E-state index contributed by atoms with van der Waals surface area (Å²) in [6.45, 7) is 2.96. The molecule has 1 heterocycles. The first-order valence-electron chi connectivity index (χ1n) is 7.87. The third-order valence-corrected chi connectivity index (χ3v) is 4.41. The van der Waals surface area contributed by atoms with Crippen molar-refractivity contribution in [3.63, 3.8) is 0 Å². The Labute approximate surface area is 125 Å².